The molecule has 2 aromatic rings. The molecule has 0 bridgehead atoms. The first-order valence-corrected chi connectivity index (χ1v) is 10.8. The summed E-state index contributed by atoms with van der Waals surface area (Å²) in [6.07, 6.45) is 2.92. The quantitative estimate of drug-likeness (QED) is 0.396. The minimum absolute atomic E-state index is 0.00338. The Morgan fingerprint density at radius 3 is 2.50 bits per heavy atom. The zero-order chi connectivity index (χ0) is 21.9. The van der Waals surface area contributed by atoms with Crippen LogP contribution in [0.2, 0.25) is 0 Å². The average Bonchev–Trinajstić information content (AvgIpc) is 3.23. The molecular weight excluding hydrogens is 378 g/mol. The molecule has 1 atom stereocenters. The van der Waals surface area contributed by atoms with Crippen molar-refractivity contribution in [1.82, 2.24) is 15.8 Å². The topological polar surface area (TPSA) is 91.5 Å². The number of nitrogens with zero attached hydrogens (tertiary/aromatic N) is 2. The van der Waals surface area contributed by atoms with Crippen molar-refractivity contribution < 1.29 is 9.32 Å². The average molecular weight is 414 g/mol. The van der Waals surface area contributed by atoms with Crippen molar-refractivity contribution in [3.05, 3.63) is 47.3 Å². The van der Waals surface area contributed by atoms with Gasteiger partial charge in [-0.15, -0.1) is 0 Å². The van der Waals surface area contributed by atoms with Gasteiger partial charge in [-0.25, -0.2) is 0 Å². The van der Waals surface area contributed by atoms with Gasteiger partial charge in [0.1, 0.15) is 0 Å². The molecule has 7 heteroatoms. The highest BCUT2D eigenvalue weighted by Crippen LogP contribution is 2.22. The van der Waals surface area contributed by atoms with E-state index in [1.165, 1.54) is 0 Å². The number of rotatable bonds is 10. The number of aliphatic imine (C=N–C) groups is 1. The Morgan fingerprint density at radius 2 is 1.83 bits per heavy atom. The number of guanidine groups is 1. The number of hydrogen-bond donors (Lipinski definition) is 3. The molecule has 164 valence electrons. The molecule has 0 saturated carbocycles. The van der Waals surface area contributed by atoms with Crippen molar-refractivity contribution in [2.75, 3.05) is 12.4 Å². The van der Waals surface area contributed by atoms with Gasteiger partial charge in [0, 0.05) is 37.2 Å². The van der Waals surface area contributed by atoms with Gasteiger partial charge in [0.05, 0.1) is 12.2 Å². The number of carbonyl (C=O) groups is 1. The molecule has 0 saturated heterocycles. The van der Waals surface area contributed by atoms with Crippen LogP contribution in [0.5, 0.6) is 0 Å². The maximum absolute atomic E-state index is 12.1. The van der Waals surface area contributed by atoms with Gasteiger partial charge in [-0.2, -0.15) is 0 Å². The van der Waals surface area contributed by atoms with Crippen molar-refractivity contribution in [3.8, 4) is 0 Å². The zero-order valence-electron chi connectivity index (χ0n) is 18.8. The third kappa shape index (κ3) is 6.90. The van der Waals surface area contributed by atoms with Crippen molar-refractivity contribution in [2.24, 2.45) is 10.9 Å². The summed E-state index contributed by atoms with van der Waals surface area (Å²) in [5, 5.41) is 13.7. The van der Waals surface area contributed by atoms with Crippen LogP contribution in [0.3, 0.4) is 0 Å². The summed E-state index contributed by atoms with van der Waals surface area (Å²) in [5.74, 6) is 1.93. The molecule has 7 nitrogen and oxygen atoms in total. The maximum atomic E-state index is 12.1. The lowest BCUT2D eigenvalue weighted by Crippen LogP contribution is -2.36. The van der Waals surface area contributed by atoms with Gasteiger partial charge in [0.2, 0.25) is 5.91 Å². The first kappa shape index (κ1) is 23.4. The van der Waals surface area contributed by atoms with E-state index in [1.54, 1.807) is 7.05 Å². The lowest BCUT2D eigenvalue weighted by Gasteiger charge is -2.13. The molecule has 0 aliphatic carbocycles. The molecule has 0 aliphatic rings. The van der Waals surface area contributed by atoms with Crippen molar-refractivity contribution in [2.45, 2.75) is 66.0 Å². The van der Waals surface area contributed by atoms with E-state index in [2.05, 4.69) is 39.9 Å². The zero-order valence-corrected chi connectivity index (χ0v) is 18.8. The minimum Gasteiger partial charge on any atom is -0.359 e. The van der Waals surface area contributed by atoms with Crippen LogP contribution in [0.4, 0.5) is 5.69 Å². The molecule has 30 heavy (non-hydrogen) atoms. The largest absolute Gasteiger partial charge is 0.359 e. The van der Waals surface area contributed by atoms with Crippen LogP contribution in [-0.4, -0.2) is 24.1 Å². The van der Waals surface area contributed by atoms with Gasteiger partial charge in [-0.3, -0.25) is 9.79 Å². The SMILES string of the molecule is CCC(C)C(=O)Nc1cccc(CNC(=NC)NCc2cc(C(CC)CC)no2)c1. The van der Waals surface area contributed by atoms with Crippen LogP contribution < -0.4 is 16.0 Å². The van der Waals surface area contributed by atoms with Crippen molar-refractivity contribution >= 4 is 17.6 Å². The predicted octanol–water partition coefficient (Wildman–Crippen LogP) is 4.43. The molecule has 0 fully saturated rings. The van der Waals surface area contributed by atoms with Gasteiger partial charge in [-0.05, 0) is 37.0 Å². The molecule has 1 aromatic heterocycles. The summed E-state index contributed by atoms with van der Waals surface area (Å²) in [4.78, 5) is 16.4. The monoisotopic (exact) mass is 413 g/mol. The standard InChI is InChI=1S/C23H35N5O2/c1-6-16(4)22(29)27-19-11-9-10-17(12-19)14-25-23(24-5)26-15-20-13-21(28-30-20)18(7-2)8-3/h9-13,16,18H,6-8,14-15H2,1-5H3,(H,27,29)(H2,24,25,26). The molecule has 1 unspecified atom stereocenters. The second-order valence-electron chi connectivity index (χ2n) is 7.51. The third-order valence-corrected chi connectivity index (χ3v) is 5.35. The first-order valence-electron chi connectivity index (χ1n) is 10.8. The molecule has 1 amide bonds. The van der Waals surface area contributed by atoms with E-state index < -0.39 is 0 Å². The predicted molar refractivity (Wildman–Crippen MR) is 121 cm³/mol. The summed E-state index contributed by atoms with van der Waals surface area (Å²) in [5.41, 5.74) is 2.87. The van der Waals surface area contributed by atoms with E-state index in [9.17, 15) is 4.79 Å². The molecule has 0 spiro atoms. The van der Waals surface area contributed by atoms with Crippen LogP contribution in [0.25, 0.3) is 0 Å². The fourth-order valence-corrected chi connectivity index (χ4v) is 3.10. The van der Waals surface area contributed by atoms with Gasteiger partial charge < -0.3 is 20.5 Å². The van der Waals surface area contributed by atoms with E-state index in [4.69, 9.17) is 4.52 Å². The minimum atomic E-state index is -0.00338. The van der Waals surface area contributed by atoms with E-state index in [1.807, 2.05) is 44.2 Å². The number of amides is 1. The summed E-state index contributed by atoms with van der Waals surface area (Å²) in [7, 11) is 1.73. The Labute approximate surface area is 179 Å². The second kappa shape index (κ2) is 12.0. The highest BCUT2D eigenvalue weighted by atomic mass is 16.5. The van der Waals surface area contributed by atoms with Gasteiger partial charge in [0.25, 0.3) is 0 Å². The van der Waals surface area contributed by atoms with Crippen LogP contribution in [0.15, 0.2) is 39.8 Å². The van der Waals surface area contributed by atoms with Crippen LogP contribution in [0, 0.1) is 5.92 Å². The number of hydrogen-bond acceptors (Lipinski definition) is 4. The number of benzene rings is 1. The summed E-state index contributed by atoms with van der Waals surface area (Å²) in [6, 6.07) is 9.84. The Kier molecular flexibility index (Phi) is 9.38. The normalized spacial score (nSPS) is 12.7. The molecule has 1 aromatic carbocycles. The second-order valence-corrected chi connectivity index (χ2v) is 7.51. The van der Waals surface area contributed by atoms with Crippen LogP contribution >= 0.6 is 0 Å². The molecule has 0 radical (unpaired) electrons. The molecular formula is C23H35N5O2. The number of aromatic nitrogens is 1. The lowest BCUT2D eigenvalue weighted by molar-refractivity contribution is -0.119. The smallest absolute Gasteiger partial charge is 0.227 e. The third-order valence-electron chi connectivity index (χ3n) is 5.35. The van der Waals surface area contributed by atoms with E-state index >= 15 is 0 Å². The molecule has 1 heterocycles. The Hall–Kier alpha value is -2.83. The highest BCUT2D eigenvalue weighted by molar-refractivity contribution is 5.92. The molecule has 0 aliphatic heterocycles. The summed E-state index contributed by atoms with van der Waals surface area (Å²) >= 11 is 0. The summed E-state index contributed by atoms with van der Waals surface area (Å²) in [6.45, 7) is 9.36. The maximum Gasteiger partial charge on any atom is 0.227 e. The first-order chi connectivity index (χ1) is 14.5. The molecule has 3 N–H and O–H groups in total. The number of anilines is 1. The number of carbonyl (C=O) groups excluding carboxylic acids is 1. The highest BCUT2D eigenvalue weighted by Gasteiger charge is 2.13. The Morgan fingerprint density at radius 1 is 1.10 bits per heavy atom. The van der Waals surface area contributed by atoms with E-state index in [0.717, 1.165) is 42.0 Å². The van der Waals surface area contributed by atoms with E-state index in [0.29, 0.717) is 25.0 Å². The fraction of sp³-hybridized carbons (Fsp3) is 0.522. The lowest BCUT2D eigenvalue weighted by atomic mass is 9.99. The van der Waals surface area contributed by atoms with Gasteiger partial charge in [-0.1, -0.05) is 45.0 Å². The fourth-order valence-electron chi connectivity index (χ4n) is 3.10. The Bertz CT molecular complexity index is 827. The van der Waals surface area contributed by atoms with Crippen molar-refractivity contribution in [3.63, 3.8) is 0 Å². The van der Waals surface area contributed by atoms with Crippen LogP contribution in [-0.2, 0) is 17.9 Å². The Balaban J connectivity index is 1.87. The summed E-state index contributed by atoms with van der Waals surface area (Å²) < 4.78 is 5.45. The van der Waals surface area contributed by atoms with E-state index in [-0.39, 0.29) is 11.8 Å². The van der Waals surface area contributed by atoms with Crippen LogP contribution in [0.1, 0.15) is 69.9 Å². The number of nitrogens with one attached hydrogen (secondary N) is 3. The van der Waals surface area contributed by atoms with Gasteiger partial charge in [0.15, 0.2) is 11.7 Å². The molecule has 2 rings (SSSR count). The van der Waals surface area contributed by atoms with Gasteiger partial charge >= 0.3 is 0 Å². The van der Waals surface area contributed by atoms with Crippen molar-refractivity contribution in [1.29, 1.82) is 0 Å².